The van der Waals surface area contributed by atoms with Gasteiger partial charge in [-0.05, 0) is 49.6 Å². The number of nitrogens with zero attached hydrogens (tertiary/aromatic N) is 1. The smallest absolute Gasteiger partial charge is 0.161 e. The van der Waals surface area contributed by atoms with Crippen LogP contribution in [0.3, 0.4) is 0 Å². The van der Waals surface area contributed by atoms with E-state index in [1.165, 1.54) is 18.4 Å². The maximum atomic E-state index is 5.36. The van der Waals surface area contributed by atoms with Crippen molar-refractivity contribution >= 4 is 0 Å². The van der Waals surface area contributed by atoms with Crippen molar-refractivity contribution < 1.29 is 9.47 Å². The van der Waals surface area contributed by atoms with Gasteiger partial charge in [-0.15, -0.1) is 0 Å². The minimum absolute atomic E-state index is 0.713. The lowest BCUT2D eigenvalue weighted by Crippen LogP contribution is -2.16. The Balaban J connectivity index is 1.83. The third-order valence-corrected chi connectivity index (χ3v) is 4.03. The first-order chi connectivity index (χ1) is 10.7. The summed E-state index contributed by atoms with van der Waals surface area (Å²) in [5.41, 5.74) is 4.31. The first-order valence-electron chi connectivity index (χ1n) is 7.63. The van der Waals surface area contributed by atoms with E-state index in [-0.39, 0.29) is 0 Å². The van der Waals surface area contributed by atoms with Crippen LogP contribution in [0.1, 0.15) is 24.1 Å². The van der Waals surface area contributed by atoms with Gasteiger partial charge < -0.3 is 14.8 Å². The summed E-state index contributed by atoms with van der Waals surface area (Å²) in [4.78, 5) is 4.74. The van der Waals surface area contributed by atoms with Crippen LogP contribution in [0.5, 0.6) is 11.5 Å². The Labute approximate surface area is 131 Å². The fourth-order valence-electron chi connectivity index (χ4n) is 2.47. The van der Waals surface area contributed by atoms with Crippen LogP contribution in [0.15, 0.2) is 30.3 Å². The highest BCUT2D eigenvalue weighted by Gasteiger charge is 2.20. The third-order valence-electron chi connectivity index (χ3n) is 4.03. The Hall–Kier alpha value is -2.07. The number of aryl methyl sites for hydroxylation is 1. The molecule has 0 amide bonds. The van der Waals surface area contributed by atoms with Crippen molar-refractivity contribution in [3.8, 4) is 22.8 Å². The second-order valence-corrected chi connectivity index (χ2v) is 5.67. The molecule has 1 N–H and O–H groups in total. The molecule has 1 saturated carbocycles. The topological polar surface area (TPSA) is 43.4 Å². The molecule has 0 aliphatic heterocycles. The lowest BCUT2D eigenvalue weighted by Gasteiger charge is -2.11. The second-order valence-electron chi connectivity index (χ2n) is 5.67. The van der Waals surface area contributed by atoms with Crippen LogP contribution >= 0.6 is 0 Å². The van der Waals surface area contributed by atoms with Gasteiger partial charge in [0.15, 0.2) is 11.5 Å². The number of hydrogen-bond acceptors (Lipinski definition) is 4. The monoisotopic (exact) mass is 298 g/mol. The molecule has 0 spiro atoms. The van der Waals surface area contributed by atoms with Crippen molar-refractivity contribution in [2.45, 2.75) is 32.4 Å². The molecule has 1 aliphatic carbocycles. The van der Waals surface area contributed by atoms with Gasteiger partial charge in [-0.1, -0.05) is 6.07 Å². The quantitative estimate of drug-likeness (QED) is 0.888. The van der Waals surface area contributed by atoms with E-state index in [0.717, 1.165) is 35.0 Å². The number of methoxy groups -OCH3 is 2. The van der Waals surface area contributed by atoms with Crippen LogP contribution < -0.4 is 14.8 Å². The third kappa shape index (κ3) is 3.22. The van der Waals surface area contributed by atoms with Crippen LogP contribution in [-0.2, 0) is 6.54 Å². The van der Waals surface area contributed by atoms with Gasteiger partial charge in [0.1, 0.15) is 0 Å². The zero-order valence-corrected chi connectivity index (χ0v) is 13.3. The Bertz CT molecular complexity index is 666. The first kappa shape index (κ1) is 14.9. The summed E-state index contributed by atoms with van der Waals surface area (Å²) in [5, 5.41) is 3.53. The van der Waals surface area contributed by atoms with Crippen molar-refractivity contribution in [2.75, 3.05) is 14.2 Å². The highest BCUT2D eigenvalue weighted by atomic mass is 16.5. The number of hydrogen-bond donors (Lipinski definition) is 1. The van der Waals surface area contributed by atoms with Gasteiger partial charge in [0.25, 0.3) is 0 Å². The van der Waals surface area contributed by atoms with Crippen LogP contribution in [0, 0.1) is 6.92 Å². The predicted molar refractivity (Wildman–Crippen MR) is 87.4 cm³/mol. The van der Waals surface area contributed by atoms with Gasteiger partial charge in [0, 0.05) is 23.8 Å². The summed E-state index contributed by atoms with van der Waals surface area (Å²) in [5.74, 6) is 1.45. The summed E-state index contributed by atoms with van der Waals surface area (Å²) in [6.07, 6.45) is 2.60. The largest absolute Gasteiger partial charge is 0.493 e. The van der Waals surface area contributed by atoms with Gasteiger partial charge in [-0.2, -0.15) is 0 Å². The molecule has 1 aliphatic rings. The normalized spacial score (nSPS) is 14.0. The lowest BCUT2D eigenvalue weighted by molar-refractivity contribution is 0.355. The fourth-order valence-corrected chi connectivity index (χ4v) is 2.47. The van der Waals surface area contributed by atoms with Crippen LogP contribution in [0.25, 0.3) is 11.3 Å². The number of benzene rings is 1. The average molecular weight is 298 g/mol. The van der Waals surface area contributed by atoms with Crippen molar-refractivity contribution in [2.24, 2.45) is 0 Å². The van der Waals surface area contributed by atoms with E-state index >= 15 is 0 Å². The molecule has 1 aromatic heterocycles. The van der Waals surface area contributed by atoms with Crippen molar-refractivity contribution in [1.29, 1.82) is 0 Å². The van der Waals surface area contributed by atoms with Gasteiger partial charge >= 0.3 is 0 Å². The minimum Gasteiger partial charge on any atom is -0.493 e. The summed E-state index contributed by atoms with van der Waals surface area (Å²) < 4.78 is 10.6. The Morgan fingerprint density at radius 2 is 1.86 bits per heavy atom. The molecule has 22 heavy (non-hydrogen) atoms. The van der Waals surface area contributed by atoms with Gasteiger partial charge in [-0.25, -0.2) is 0 Å². The Kier molecular flexibility index (Phi) is 4.29. The molecular weight excluding hydrogens is 276 g/mol. The molecule has 116 valence electrons. The molecular formula is C18H22N2O2. The maximum absolute atomic E-state index is 5.36. The van der Waals surface area contributed by atoms with Crippen LogP contribution in [-0.4, -0.2) is 25.2 Å². The zero-order valence-electron chi connectivity index (χ0n) is 13.3. The van der Waals surface area contributed by atoms with E-state index in [0.29, 0.717) is 6.04 Å². The van der Waals surface area contributed by atoms with Crippen LogP contribution in [0.4, 0.5) is 0 Å². The highest BCUT2D eigenvalue weighted by molar-refractivity contribution is 5.64. The van der Waals surface area contributed by atoms with Crippen molar-refractivity contribution in [3.05, 3.63) is 41.6 Å². The molecule has 1 aromatic carbocycles. The second kappa shape index (κ2) is 6.36. The number of rotatable bonds is 6. The number of pyridine rings is 1. The molecule has 0 unspecified atom stereocenters. The van der Waals surface area contributed by atoms with Gasteiger partial charge in [-0.3, -0.25) is 4.98 Å². The average Bonchev–Trinajstić information content (AvgIpc) is 3.37. The molecule has 0 atom stereocenters. The highest BCUT2D eigenvalue weighted by Crippen LogP contribution is 2.31. The van der Waals surface area contributed by atoms with E-state index in [4.69, 9.17) is 14.5 Å². The molecule has 4 nitrogen and oxygen atoms in total. The van der Waals surface area contributed by atoms with E-state index < -0.39 is 0 Å². The summed E-state index contributed by atoms with van der Waals surface area (Å²) in [6, 6.07) is 10.8. The number of aromatic nitrogens is 1. The van der Waals surface area contributed by atoms with E-state index in [2.05, 4.69) is 24.4 Å². The Morgan fingerprint density at radius 3 is 2.50 bits per heavy atom. The zero-order chi connectivity index (χ0) is 15.5. The Morgan fingerprint density at radius 1 is 1.09 bits per heavy atom. The maximum Gasteiger partial charge on any atom is 0.161 e. The molecule has 3 rings (SSSR count). The molecule has 0 radical (unpaired) electrons. The summed E-state index contributed by atoms with van der Waals surface area (Å²) in [7, 11) is 3.29. The molecule has 4 heteroatoms. The molecule has 0 saturated heterocycles. The minimum atomic E-state index is 0.713. The first-order valence-corrected chi connectivity index (χ1v) is 7.63. The van der Waals surface area contributed by atoms with Crippen molar-refractivity contribution in [3.63, 3.8) is 0 Å². The van der Waals surface area contributed by atoms with E-state index in [9.17, 15) is 0 Å². The number of ether oxygens (including phenoxy) is 2. The van der Waals surface area contributed by atoms with E-state index in [1.807, 2.05) is 18.2 Å². The molecule has 0 bridgehead atoms. The standard InChI is InChI=1S/C18H22N2O2/c1-12-14(11-19-15-6-7-15)4-8-16(20-12)13-5-9-17(21-2)18(10-13)22-3/h4-5,8-10,15,19H,6-7,11H2,1-3H3. The fraction of sp³-hybridized carbons (Fsp3) is 0.389. The summed E-state index contributed by atoms with van der Waals surface area (Å²) >= 11 is 0. The predicted octanol–water partition coefficient (Wildman–Crippen LogP) is 3.33. The SMILES string of the molecule is COc1ccc(-c2ccc(CNC3CC3)c(C)n2)cc1OC. The van der Waals surface area contributed by atoms with Gasteiger partial charge in [0.2, 0.25) is 0 Å². The summed E-state index contributed by atoms with van der Waals surface area (Å²) in [6.45, 7) is 2.96. The van der Waals surface area contributed by atoms with Crippen LogP contribution in [0.2, 0.25) is 0 Å². The number of nitrogens with one attached hydrogen (secondary N) is 1. The lowest BCUT2D eigenvalue weighted by atomic mass is 10.1. The van der Waals surface area contributed by atoms with Crippen molar-refractivity contribution in [1.82, 2.24) is 10.3 Å². The molecule has 1 heterocycles. The molecule has 2 aromatic rings. The van der Waals surface area contributed by atoms with E-state index in [1.54, 1.807) is 14.2 Å². The van der Waals surface area contributed by atoms with Gasteiger partial charge in [0.05, 0.1) is 19.9 Å². The molecule has 1 fully saturated rings.